The third kappa shape index (κ3) is 4.03. The summed E-state index contributed by atoms with van der Waals surface area (Å²) in [5.41, 5.74) is 6.99. The summed E-state index contributed by atoms with van der Waals surface area (Å²) < 4.78 is 5.58. The summed E-state index contributed by atoms with van der Waals surface area (Å²) in [7, 11) is 0. The topological polar surface area (TPSA) is 78.4 Å². The Labute approximate surface area is 101 Å². The van der Waals surface area contributed by atoms with E-state index in [1.807, 2.05) is 6.92 Å². The summed E-state index contributed by atoms with van der Waals surface area (Å²) in [6, 6.07) is 4.41. The molecule has 0 heterocycles. The Bertz CT molecular complexity index is 393. The number of hydrogen-bond donors (Lipinski definition) is 1. The average Bonchev–Trinajstić information content (AvgIpc) is 2.28. The lowest BCUT2D eigenvalue weighted by molar-refractivity contribution is -0.384. The van der Waals surface area contributed by atoms with Gasteiger partial charge in [-0.25, -0.2) is 0 Å². The Hall–Kier alpha value is -1.62. The number of nitrogens with zero attached hydrogens (tertiary/aromatic N) is 1. The van der Waals surface area contributed by atoms with E-state index in [4.69, 9.17) is 10.5 Å². The number of nitrogens with two attached hydrogens (primary N) is 1. The summed E-state index contributed by atoms with van der Waals surface area (Å²) in [6.07, 6.45) is 2.15. The maximum Gasteiger partial charge on any atom is 0.269 e. The highest BCUT2D eigenvalue weighted by Gasteiger charge is 2.10. The van der Waals surface area contributed by atoms with Crippen LogP contribution in [0.2, 0.25) is 0 Å². The normalized spacial score (nSPS) is 12.4. The van der Waals surface area contributed by atoms with Gasteiger partial charge in [-0.05, 0) is 19.4 Å². The first-order valence-electron chi connectivity index (χ1n) is 5.69. The van der Waals surface area contributed by atoms with Crippen LogP contribution < -0.4 is 5.73 Å². The van der Waals surface area contributed by atoms with Crippen molar-refractivity contribution in [2.75, 3.05) is 5.73 Å². The average molecular weight is 238 g/mol. The number of hydrogen-bond acceptors (Lipinski definition) is 4. The van der Waals surface area contributed by atoms with E-state index >= 15 is 0 Å². The van der Waals surface area contributed by atoms with Gasteiger partial charge in [0.15, 0.2) is 0 Å². The third-order valence-corrected chi connectivity index (χ3v) is 2.56. The number of nitro groups is 1. The third-order valence-electron chi connectivity index (χ3n) is 2.56. The number of rotatable bonds is 6. The summed E-state index contributed by atoms with van der Waals surface area (Å²) in [6.45, 7) is 4.38. The molecule has 2 N–H and O–H groups in total. The van der Waals surface area contributed by atoms with Crippen LogP contribution in [0.1, 0.15) is 32.3 Å². The van der Waals surface area contributed by atoms with E-state index < -0.39 is 4.92 Å². The van der Waals surface area contributed by atoms with Crippen LogP contribution in [-0.4, -0.2) is 11.0 Å². The molecule has 0 fully saturated rings. The fourth-order valence-electron chi connectivity index (χ4n) is 1.55. The molecule has 1 aromatic rings. The van der Waals surface area contributed by atoms with Crippen molar-refractivity contribution in [1.29, 1.82) is 0 Å². The Balaban J connectivity index is 2.69. The van der Waals surface area contributed by atoms with Gasteiger partial charge < -0.3 is 10.5 Å². The minimum atomic E-state index is -0.432. The molecule has 0 amide bonds. The fourth-order valence-corrected chi connectivity index (χ4v) is 1.55. The summed E-state index contributed by atoms with van der Waals surface area (Å²) in [5.74, 6) is 0. The predicted octanol–water partition coefficient (Wildman–Crippen LogP) is 2.88. The molecule has 0 saturated heterocycles. The van der Waals surface area contributed by atoms with Crippen LogP contribution in [-0.2, 0) is 11.3 Å². The number of nitrogen functional groups attached to an aromatic ring is 1. The number of non-ortho nitro benzene ring substituents is 1. The molecule has 0 aliphatic carbocycles. The van der Waals surface area contributed by atoms with E-state index in [0.29, 0.717) is 17.9 Å². The van der Waals surface area contributed by atoms with Crippen molar-refractivity contribution in [1.82, 2.24) is 0 Å². The van der Waals surface area contributed by atoms with Gasteiger partial charge in [0.1, 0.15) is 0 Å². The molecule has 0 aliphatic heterocycles. The molecular formula is C12H18N2O3. The highest BCUT2D eigenvalue weighted by Crippen LogP contribution is 2.21. The van der Waals surface area contributed by atoms with Crippen LogP contribution in [0.3, 0.4) is 0 Å². The highest BCUT2D eigenvalue weighted by atomic mass is 16.6. The molecule has 1 atom stereocenters. The van der Waals surface area contributed by atoms with Crippen LogP contribution >= 0.6 is 0 Å². The van der Waals surface area contributed by atoms with Gasteiger partial charge in [0.05, 0.1) is 17.6 Å². The van der Waals surface area contributed by atoms with Gasteiger partial charge >= 0.3 is 0 Å². The Morgan fingerprint density at radius 2 is 2.24 bits per heavy atom. The van der Waals surface area contributed by atoms with Crippen LogP contribution in [0.5, 0.6) is 0 Å². The lowest BCUT2D eigenvalue weighted by Gasteiger charge is -2.12. The Kier molecular flexibility index (Phi) is 4.90. The monoisotopic (exact) mass is 238 g/mol. The Morgan fingerprint density at radius 1 is 1.53 bits per heavy atom. The first-order valence-corrected chi connectivity index (χ1v) is 5.69. The zero-order valence-corrected chi connectivity index (χ0v) is 10.2. The van der Waals surface area contributed by atoms with Crippen LogP contribution in [0.25, 0.3) is 0 Å². The van der Waals surface area contributed by atoms with E-state index in [2.05, 4.69) is 6.92 Å². The van der Waals surface area contributed by atoms with Crippen molar-refractivity contribution in [3.8, 4) is 0 Å². The first-order chi connectivity index (χ1) is 8.04. The van der Waals surface area contributed by atoms with Gasteiger partial charge in [-0.1, -0.05) is 13.3 Å². The van der Waals surface area contributed by atoms with Crippen molar-refractivity contribution in [2.24, 2.45) is 0 Å². The number of ether oxygens (including phenoxy) is 1. The highest BCUT2D eigenvalue weighted by molar-refractivity contribution is 5.52. The van der Waals surface area contributed by atoms with E-state index in [0.717, 1.165) is 12.8 Å². The van der Waals surface area contributed by atoms with Crippen molar-refractivity contribution in [3.05, 3.63) is 33.9 Å². The van der Waals surface area contributed by atoms with Gasteiger partial charge in [0, 0.05) is 23.4 Å². The number of anilines is 1. The maximum absolute atomic E-state index is 10.6. The SMILES string of the molecule is CCCC(C)OCc1cc([N+](=O)[O-])ccc1N. The van der Waals surface area contributed by atoms with Crippen LogP contribution in [0, 0.1) is 10.1 Å². The summed E-state index contributed by atoms with van der Waals surface area (Å²) in [5, 5.41) is 10.6. The molecule has 1 aromatic carbocycles. The largest absolute Gasteiger partial charge is 0.398 e. The molecule has 17 heavy (non-hydrogen) atoms. The lowest BCUT2D eigenvalue weighted by Crippen LogP contribution is -2.08. The Morgan fingerprint density at radius 3 is 2.82 bits per heavy atom. The molecule has 94 valence electrons. The second kappa shape index (κ2) is 6.20. The van der Waals surface area contributed by atoms with E-state index in [1.165, 1.54) is 12.1 Å². The fraction of sp³-hybridized carbons (Fsp3) is 0.500. The second-order valence-electron chi connectivity index (χ2n) is 4.05. The summed E-state index contributed by atoms with van der Waals surface area (Å²) in [4.78, 5) is 10.2. The molecule has 5 heteroatoms. The molecule has 5 nitrogen and oxygen atoms in total. The second-order valence-corrected chi connectivity index (χ2v) is 4.05. The van der Waals surface area contributed by atoms with E-state index in [9.17, 15) is 10.1 Å². The lowest BCUT2D eigenvalue weighted by atomic mass is 10.1. The smallest absolute Gasteiger partial charge is 0.269 e. The number of nitro benzene ring substituents is 1. The molecule has 0 saturated carbocycles. The molecule has 0 aromatic heterocycles. The van der Waals surface area contributed by atoms with Gasteiger partial charge in [0.25, 0.3) is 5.69 Å². The van der Waals surface area contributed by atoms with Gasteiger partial charge in [-0.3, -0.25) is 10.1 Å². The van der Waals surface area contributed by atoms with Crippen LogP contribution in [0.4, 0.5) is 11.4 Å². The molecule has 1 unspecified atom stereocenters. The van der Waals surface area contributed by atoms with Gasteiger partial charge in [-0.2, -0.15) is 0 Å². The van der Waals surface area contributed by atoms with Crippen molar-refractivity contribution < 1.29 is 9.66 Å². The molecular weight excluding hydrogens is 220 g/mol. The molecule has 0 bridgehead atoms. The van der Waals surface area contributed by atoms with Crippen molar-refractivity contribution in [2.45, 2.75) is 39.4 Å². The van der Waals surface area contributed by atoms with Crippen molar-refractivity contribution in [3.63, 3.8) is 0 Å². The predicted molar refractivity (Wildman–Crippen MR) is 66.7 cm³/mol. The molecule has 0 spiro atoms. The molecule has 1 rings (SSSR count). The maximum atomic E-state index is 10.6. The zero-order chi connectivity index (χ0) is 12.8. The quantitative estimate of drug-likeness (QED) is 0.469. The first kappa shape index (κ1) is 13.4. The van der Waals surface area contributed by atoms with Gasteiger partial charge in [-0.15, -0.1) is 0 Å². The van der Waals surface area contributed by atoms with E-state index in [1.54, 1.807) is 6.07 Å². The minimum Gasteiger partial charge on any atom is -0.398 e. The molecule has 0 aliphatic rings. The summed E-state index contributed by atoms with van der Waals surface area (Å²) >= 11 is 0. The van der Waals surface area contributed by atoms with Crippen LogP contribution in [0.15, 0.2) is 18.2 Å². The standard InChI is InChI=1S/C12H18N2O3/c1-3-4-9(2)17-8-10-7-11(14(15)16)5-6-12(10)13/h5-7,9H,3-4,8,13H2,1-2H3. The van der Waals surface area contributed by atoms with E-state index in [-0.39, 0.29) is 11.8 Å². The zero-order valence-electron chi connectivity index (χ0n) is 10.2. The minimum absolute atomic E-state index is 0.0425. The van der Waals surface area contributed by atoms with Gasteiger partial charge in [0.2, 0.25) is 0 Å². The van der Waals surface area contributed by atoms with Crippen molar-refractivity contribution >= 4 is 11.4 Å². The molecule has 0 radical (unpaired) electrons. The number of benzene rings is 1.